The molecule has 2 heterocycles. The zero-order chi connectivity index (χ0) is 12.4. The van der Waals surface area contributed by atoms with Gasteiger partial charge in [0.25, 0.3) is 5.91 Å². The van der Waals surface area contributed by atoms with Crippen LogP contribution in [-0.2, 0) is 11.2 Å². The van der Waals surface area contributed by atoms with Gasteiger partial charge in [-0.2, -0.15) is 0 Å². The summed E-state index contributed by atoms with van der Waals surface area (Å²) >= 11 is 0. The van der Waals surface area contributed by atoms with E-state index in [4.69, 9.17) is 4.74 Å². The van der Waals surface area contributed by atoms with Crippen LogP contribution in [0.15, 0.2) is 6.20 Å². The molecule has 1 aromatic rings. The minimum Gasteiger partial charge on any atom is -0.462 e. The highest BCUT2D eigenvalue weighted by Gasteiger charge is 2.26. The normalized spacial score (nSPS) is 13.6. The first-order valence-electron chi connectivity index (χ1n) is 5.62. The van der Waals surface area contributed by atoms with Crippen molar-refractivity contribution >= 4 is 11.9 Å². The number of ether oxygens (including phenoxy) is 1. The highest BCUT2D eigenvalue weighted by atomic mass is 16.5. The SMILES string of the molecule is CCOC(=O)c1cn2c(c1CC)C(=O)NCN2. The summed E-state index contributed by atoms with van der Waals surface area (Å²) in [7, 11) is 0. The molecule has 0 fully saturated rings. The van der Waals surface area contributed by atoms with Crippen LogP contribution in [0, 0.1) is 0 Å². The van der Waals surface area contributed by atoms with Crippen molar-refractivity contribution in [1.29, 1.82) is 0 Å². The second-order valence-electron chi connectivity index (χ2n) is 3.65. The molecule has 1 amide bonds. The summed E-state index contributed by atoms with van der Waals surface area (Å²) in [6.45, 7) is 4.33. The number of nitrogens with one attached hydrogen (secondary N) is 2. The van der Waals surface area contributed by atoms with Gasteiger partial charge in [0.15, 0.2) is 0 Å². The number of aromatic nitrogens is 1. The zero-order valence-electron chi connectivity index (χ0n) is 9.87. The molecule has 0 saturated heterocycles. The van der Waals surface area contributed by atoms with Crippen LogP contribution in [0.5, 0.6) is 0 Å². The zero-order valence-corrected chi connectivity index (χ0v) is 9.87. The Bertz CT molecular complexity index is 465. The van der Waals surface area contributed by atoms with E-state index in [1.54, 1.807) is 17.8 Å². The molecule has 2 rings (SSSR count). The van der Waals surface area contributed by atoms with Gasteiger partial charge in [-0.05, 0) is 18.9 Å². The first-order valence-corrected chi connectivity index (χ1v) is 5.62. The lowest BCUT2D eigenvalue weighted by Gasteiger charge is -2.18. The lowest BCUT2D eigenvalue weighted by Crippen LogP contribution is -2.41. The molecule has 0 spiro atoms. The summed E-state index contributed by atoms with van der Waals surface area (Å²) < 4.78 is 6.56. The number of carbonyl (C=O) groups excluding carboxylic acids is 2. The standard InChI is InChI=1S/C11H15N3O3/c1-3-7-8(11(16)17-4-2)5-14-9(7)10(15)12-6-13-14/h5,13H,3-4,6H2,1-2H3,(H,12,15). The minimum absolute atomic E-state index is 0.170. The number of carbonyl (C=O) groups is 2. The van der Waals surface area contributed by atoms with Crippen LogP contribution >= 0.6 is 0 Å². The fourth-order valence-electron chi connectivity index (χ4n) is 1.95. The fourth-order valence-corrected chi connectivity index (χ4v) is 1.95. The molecule has 0 saturated carbocycles. The first-order chi connectivity index (χ1) is 8.19. The topological polar surface area (TPSA) is 72.4 Å². The van der Waals surface area contributed by atoms with Gasteiger partial charge in [-0.25, -0.2) is 4.79 Å². The van der Waals surface area contributed by atoms with Crippen molar-refractivity contribution < 1.29 is 14.3 Å². The van der Waals surface area contributed by atoms with Crippen LogP contribution < -0.4 is 10.7 Å². The highest BCUT2D eigenvalue weighted by molar-refractivity contribution is 6.00. The lowest BCUT2D eigenvalue weighted by molar-refractivity contribution is 0.0525. The van der Waals surface area contributed by atoms with Gasteiger partial charge >= 0.3 is 5.97 Å². The Morgan fingerprint density at radius 1 is 1.53 bits per heavy atom. The quantitative estimate of drug-likeness (QED) is 0.750. The third-order valence-corrected chi connectivity index (χ3v) is 2.67. The number of hydrogen-bond donors (Lipinski definition) is 2. The van der Waals surface area contributed by atoms with Gasteiger partial charge in [-0.1, -0.05) is 6.92 Å². The molecule has 0 aliphatic carbocycles. The van der Waals surface area contributed by atoms with Gasteiger partial charge in [-0.3, -0.25) is 9.47 Å². The van der Waals surface area contributed by atoms with Crippen LogP contribution in [0.25, 0.3) is 0 Å². The largest absolute Gasteiger partial charge is 0.462 e. The van der Waals surface area contributed by atoms with E-state index in [-0.39, 0.29) is 11.9 Å². The van der Waals surface area contributed by atoms with Crippen molar-refractivity contribution in [3.05, 3.63) is 23.0 Å². The van der Waals surface area contributed by atoms with Gasteiger partial charge in [0, 0.05) is 6.20 Å². The molecule has 1 aliphatic rings. The van der Waals surface area contributed by atoms with Gasteiger partial charge in [-0.15, -0.1) is 0 Å². The van der Waals surface area contributed by atoms with Gasteiger partial charge in [0.05, 0.1) is 12.2 Å². The first kappa shape index (κ1) is 11.5. The summed E-state index contributed by atoms with van der Waals surface area (Å²) in [5.74, 6) is -0.558. The van der Waals surface area contributed by atoms with E-state index in [0.717, 1.165) is 0 Å². The molecule has 6 nitrogen and oxygen atoms in total. The number of hydrogen-bond acceptors (Lipinski definition) is 4. The Hall–Kier alpha value is -1.98. The van der Waals surface area contributed by atoms with Crippen molar-refractivity contribution in [2.45, 2.75) is 20.3 Å². The summed E-state index contributed by atoms with van der Waals surface area (Å²) in [5, 5.41) is 2.67. The number of fused-ring (bicyclic) bond motifs is 1. The maximum atomic E-state index is 11.8. The van der Waals surface area contributed by atoms with Crippen LogP contribution in [0.3, 0.4) is 0 Å². The highest BCUT2D eigenvalue weighted by Crippen LogP contribution is 2.20. The van der Waals surface area contributed by atoms with Crippen LogP contribution in [0.2, 0.25) is 0 Å². The molecule has 0 atom stereocenters. The number of amides is 1. The van der Waals surface area contributed by atoms with E-state index < -0.39 is 0 Å². The molecule has 1 aliphatic heterocycles. The van der Waals surface area contributed by atoms with Gasteiger partial charge < -0.3 is 15.5 Å². The van der Waals surface area contributed by atoms with Crippen LogP contribution in [0.1, 0.15) is 40.3 Å². The van der Waals surface area contributed by atoms with Gasteiger partial charge in [0.2, 0.25) is 0 Å². The molecule has 17 heavy (non-hydrogen) atoms. The van der Waals surface area contributed by atoms with E-state index in [2.05, 4.69) is 10.7 Å². The third kappa shape index (κ3) is 1.86. The Kier molecular flexibility index (Phi) is 3.03. The molecule has 0 radical (unpaired) electrons. The summed E-state index contributed by atoms with van der Waals surface area (Å²) in [6, 6.07) is 0. The molecule has 0 aromatic carbocycles. The van der Waals surface area contributed by atoms with E-state index in [1.807, 2.05) is 6.92 Å². The smallest absolute Gasteiger partial charge is 0.340 e. The van der Waals surface area contributed by atoms with Crippen LogP contribution in [-0.4, -0.2) is 29.8 Å². The second kappa shape index (κ2) is 4.48. The van der Waals surface area contributed by atoms with Crippen molar-refractivity contribution in [3.8, 4) is 0 Å². The number of rotatable bonds is 3. The van der Waals surface area contributed by atoms with Crippen molar-refractivity contribution in [2.24, 2.45) is 0 Å². The Labute approximate surface area is 98.9 Å². The van der Waals surface area contributed by atoms with Gasteiger partial charge in [0.1, 0.15) is 12.4 Å². The molecular weight excluding hydrogens is 222 g/mol. The second-order valence-corrected chi connectivity index (χ2v) is 3.65. The summed E-state index contributed by atoms with van der Waals surface area (Å²) in [6.07, 6.45) is 2.22. The summed E-state index contributed by atoms with van der Waals surface area (Å²) in [4.78, 5) is 23.5. The van der Waals surface area contributed by atoms with Crippen molar-refractivity contribution in [1.82, 2.24) is 9.99 Å². The average molecular weight is 237 g/mol. The molecule has 1 aromatic heterocycles. The maximum Gasteiger partial charge on any atom is 0.340 e. The van der Waals surface area contributed by atoms with Crippen molar-refractivity contribution in [2.75, 3.05) is 18.7 Å². The maximum absolute atomic E-state index is 11.8. The third-order valence-electron chi connectivity index (χ3n) is 2.67. The molecular formula is C11H15N3O3. The predicted octanol–water partition coefficient (Wildman–Crippen LogP) is 0.472. The van der Waals surface area contributed by atoms with E-state index in [1.165, 1.54) is 0 Å². The molecule has 2 N–H and O–H groups in total. The van der Waals surface area contributed by atoms with E-state index >= 15 is 0 Å². The average Bonchev–Trinajstić information content (AvgIpc) is 2.69. The fraction of sp³-hybridized carbons (Fsp3) is 0.455. The van der Waals surface area contributed by atoms with E-state index in [9.17, 15) is 9.59 Å². The molecule has 0 bridgehead atoms. The Morgan fingerprint density at radius 2 is 2.29 bits per heavy atom. The van der Waals surface area contributed by atoms with Crippen molar-refractivity contribution in [3.63, 3.8) is 0 Å². The Balaban J connectivity index is 2.47. The summed E-state index contributed by atoms with van der Waals surface area (Å²) in [5.41, 5.74) is 4.62. The lowest BCUT2D eigenvalue weighted by atomic mass is 10.1. The molecule has 92 valence electrons. The monoisotopic (exact) mass is 237 g/mol. The molecule has 6 heteroatoms. The number of nitrogens with zero attached hydrogens (tertiary/aromatic N) is 1. The number of esters is 1. The molecule has 0 unspecified atom stereocenters. The predicted molar refractivity (Wildman–Crippen MR) is 61.5 cm³/mol. The minimum atomic E-state index is -0.388. The van der Waals surface area contributed by atoms with Crippen LogP contribution in [0.4, 0.5) is 0 Å². The van der Waals surface area contributed by atoms with E-state index in [0.29, 0.717) is 36.5 Å². The Morgan fingerprint density at radius 3 is 2.94 bits per heavy atom.